The number of aromatic nitrogens is 1. The van der Waals surface area contributed by atoms with Gasteiger partial charge in [0, 0.05) is 43.3 Å². The number of amides is 1. The van der Waals surface area contributed by atoms with Gasteiger partial charge in [-0.15, -0.1) is 0 Å². The van der Waals surface area contributed by atoms with Gasteiger partial charge in [0.05, 0.1) is 0 Å². The summed E-state index contributed by atoms with van der Waals surface area (Å²) >= 11 is 3.35. The Morgan fingerprint density at radius 3 is 2.72 bits per heavy atom. The summed E-state index contributed by atoms with van der Waals surface area (Å²) in [6.45, 7) is 3.49. The van der Waals surface area contributed by atoms with Crippen molar-refractivity contribution in [2.75, 3.05) is 18.4 Å². The molecular weight excluding hydrogens is 296 g/mol. The maximum atomic E-state index is 12.3. The van der Waals surface area contributed by atoms with Gasteiger partial charge in [-0.1, -0.05) is 29.3 Å². The molecule has 1 aromatic rings. The molecular formula is C13H19BrN2O2. The van der Waals surface area contributed by atoms with E-state index in [1.165, 1.54) is 10.6 Å². The standard InChI is InChI=1S/C13H19BrN2O2/c1-3-4-7-16(9-6-14)13(18)11-5-8-15(2)12(17)10-11/h5,8,10H,3-4,6-7,9H2,1-2H3. The highest BCUT2D eigenvalue weighted by Crippen LogP contribution is 2.05. The number of aryl methyl sites for hydroxylation is 1. The van der Waals surface area contributed by atoms with E-state index in [0.717, 1.165) is 24.7 Å². The maximum Gasteiger partial charge on any atom is 0.254 e. The molecule has 0 spiro atoms. The predicted octanol–water partition coefficient (Wildman–Crippen LogP) is 2.02. The van der Waals surface area contributed by atoms with Crippen LogP contribution in [0, 0.1) is 0 Å². The lowest BCUT2D eigenvalue weighted by Gasteiger charge is -2.21. The van der Waals surface area contributed by atoms with Crippen molar-refractivity contribution >= 4 is 21.8 Å². The van der Waals surface area contributed by atoms with E-state index in [4.69, 9.17) is 0 Å². The van der Waals surface area contributed by atoms with Gasteiger partial charge in [-0.3, -0.25) is 9.59 Å². The van der Waals surface area contributed by atoms with Crippen molar-refractivity contribution < 1.29 is 4.79 Å². The van der Waals surface area contributed by atoms with Crippen LogP contribution in [0.4, 0.5) is 0 Å². The topological polar surface area (TPSA) is 42.3 Å². The molecule has 5 heteroatoms. The second kappa shape index (κ2) is 7.36. The van der Waals surface area contributed by atoms with Gasteiger partial charge in [-0.2, -0.15) is 0 Å². The first-order chi connectivity index (χ1) is 8.60. The minimum Gasteiger partial charge on any atom is -0.338 e. The molecule has 1 aromatic heterocycles. The predicted molar refractivity (Wildman–Crippen MR) is 76.3 cm³/mol. The quantitative estimate of drug-likeness (QED) is 0.754. The van der Waals surface area contributed by atoms with E-state index in [-0.39, 0.29) is 11.5 Å². The van der Waals surface area contributed by atoms with Crippen molar-refractivity contribution in [2.45, 2.75) is 19.8 Å². The molecule has 0 aromatic carbocycles. The van der Waals surface area contributed by atoms with E-state index >= 15 is 0 Å². The highest BCUT2D eigenvalue weighted by molar-refractivity contribution is 9.09. The molecule has 0 fully saturated rings. The Morgan fingerprint density at radius 1 is 1.44 bits per heavy atom. The van der Waals surface area contributed by atoms with Crippen molar-refractivity contribution in [3.63, 3.8) is 0 Å². The SMILES string of the molecule is CCCCN(CCBr)C(=O)c1ccn(C)c(=O)c1. The van der Waals surface area contributed by atoms with Crippen LogP contribution in [-0.2, 0) is 7.05 Å². The minimum atomic E-state index is -0.157. The second-order valence-electron chi connectivity index (χ2n) is 4.20. The zero-order valence-corrected chi connectivity index (χ0v) is 12.4. The number of rotatable bonds is 6. The molecule has 1 amide bonds. The number of hydrogen-bond donors (Lipinski definition) is 0. The van der Waals surface area contributed by atoms with Crippen LogP contribution in [0.15, 0.2) is 23.1 Å². The van der Waals surface area contributed by atoms with E-state index in [0.29, 0.717) is 12.1 Å². The molecule has 1 heterocycles. The number of carbonyl (C=O) groups is 1. The highest BCUT2D eigenvalue weighted by Gasteiger charge is 2.15. The lowest BCUT2D eigenvalue weighted by Crippen LogP contribution is -2.34. The number of pyridine rings is 1. The third-order valence-electron chi connectivity index (χ3n) is 2.77. The maximum absolute atomic E-state index is 12.3. The van der Waals surface area contributed by atoms with Crippen LogP contribution in [0.2, 0.25) is 0 Å². The monoisotopic (exact) mass is 314 g/mol. The average Bonchev–Trinajstić information content (AvgIpc) is 2.37. The van der Waals surface area contributed by atoms with E-state index < -0.39 is 0 Å². The molecule has 0 N–H and O–H groups in total. The van der Waals surface area contributed by atoms with E-state index in [9.17, 15) is 9.59 Å². The molecule has 18 heavy (non-hydrogen) atoms. The van der Waals surface area contributed by atoms with Crippen LogP contribution >= 0.6 is 15.9 Å². The number of alkyl halides is 1. The molecule has 0 saturated carbocycles. The van der Waals surface area contributed by atoms with Gasteiger partial charge in [-0.05, 0) is 12.5 Å². The van der Waals surface area contributed by atoms with Gasteiger partial charge in [-0.25, -0.2) is 0 Å². The van der Waals surface area contributed by atoms with Gasteiger partial charge in [0.2, 0.25) is 0 Å². The normalized spacial score (nSPS) is 10.4. The summed E-state index contributed by atoms with van der Waals surface area (Å²) in [7, 11) is 1.67. The lowest BCUT2D eigenvalue weighted by atomic mass is 10.2. The fourth-order valence-electron chi connectivity index (χ4n) is 1.63. The Hall–Kier alpha value is -1.10. The van der Waals surface area contributed by atoms with Crippen molar-refractivity contribution in [1.29, 1.82) is 0 Å². The molecule has 0 aliphatic heterocycles. The zero-order valence-electron chi connectivity index (χ0n) is 10.9. The Kier molecular flexibility index (Phi) is 6.12. The van der Waals surface area contributed by atoms with Crippen LogP contribution < -0.4 is 5.56 Å². The molecule has 0 unspecified atom stereocenters. The Morgan fingerprint density at radius 2 is 2.17 bits per heavy atom. The Labute approximate surface area is 116 Å². The third kappa shape index (κ3) is 3.98. The number of halogens is 1. The van der Waals surface area contributed by atoms with Crippen LogP contribution in [-0.4, -0.2) is 33.8 Å². The van der Waals surface area contributed by atoms with E-state index in [2.05, 4.69) is 22.9 Å². The number of nitrogens with zero attached hydrogens (tertiary/aromatic N) is 2. The average molecular weight is 315 g/mol. The summed E-state index contributed by atoms with van der Waals surface area (Å²) in [4.78, 5) is 25.6. The van der Waals surface area contributed by atoms with Gasteiger partial charge in [0.15, 0.2) is 0 Å². The Balaban J connectivity index is 2.87. The summed E-state index contributed by atoms with van der Waals surface area (Å²) in [5.74, 6) is -0.0689. The van der Waals surface area contributed by atoms with Gasteiger partial charge < -0.3 is 9.47 Å². The van der Waals surface area contributed by atoms with Crippen molar-refractivity contribution in [1.82, 2.24) is 9.47 Å². The fourth-order valence-corrected chi connectivity index (χ4v) is 2.06. The number of unbranched alkanes of at least 4 members (excludes halogenated alkanes) is 1. The third-order valence-corrected chi connectivity index (χ3v) is 3.13. The molecule has 0 saturated heterocycles. The van der Waals surface area contributed by atoms with Gasteiger partial charge in [0.1, 0.15) is 0 Å². The largest absolute Gasteiger partial charge is 0.338 e. The van der Waals surface area contributed by atoms with Crippen LogP contribution in [0.25, 0.3) is 0 Å². The lowest BCUT2D eigenvalue weighted by molar-refractivity contribution is 0.0764. The second-order valence-corrected chi connectivity index (χ2v) is 4.99. The molecule has 0 bridgehead atoms. The van der Waals surface area contributed by atoms with Crippen LogP contribution in [0.3, 0.4) is 0 Å². The first-order valence-corrected chi connectivity index (χ1v) is 7.24. The smallest absolute Gasteiger partial charge is 0.254 e. The van der Waals surface area contributed by atoms with Crippen molar-refractivity contribution in [3.05, 3.63) is 34.2 Å². The van der Waals surface area contributed by atoms with Crippen LogP contribution in [0.1, 0.15) is 30.1 Å². The first kappa shape index (κ1) is 15.0. The molecule has 0 aliphatic carbocycles. The molecule has 0 radical (unpaired) electrons. The summed E-state index contributed by atoms with van der Waals surface area (Å²) in [5, 5.41) is 0.743. The number of hydrogen-bond acceptors (Lipinski definition) is 2. The summed E-state index contributed by atoms with van der Waals surface area (Å²) in [6, 6.07) is 3.09. The van der Waals surface area contributed by atoms with Gasteiger partial charge in [0.25, 0.3) is 11.5 Å². The number of carbonyl (C=O) groups excluding carboxylic acids is 1. The Bertz CT molecular complexity index is 457. The zero-order chi connectivity index (χ0) is 13.5. The van der Waals surface area contributed by atoms with Crippen LogP contribution in [0.5, 0.6) is 0 Å². The highest BCUT2D eigenvalue weighted by atomic mass is 79.9. The first-order valence-electron chi connectivity index (χ1n) is 6.12. The van der Waals surface area contributed by atoms with Crippen molar-refractivity contribution in [3.8, 4) is 0 Å². The molecule has 0 aliphatic rings. The fraction of sp³-hybridized carbons (Fsp3) is 0.538. The summed E-state index contributed by atoms with van der Waals surface area (Å²) in [5.41, 5.74) is 0.310. The van der Waals surface area contributed by atoms with E-state index in [1.807, 2.05) is 0 Å². The summed E-state index contributed by atoms with van der Waals surface area (Å²) in [6.07, 6.45) is 3.65. The summed E-state index contributed by atoms with van der Waals surface area (Å²) < 4.78 is 1.46. The molecule has 0 atom stereocenters. The molecule has 4 nitrogen and oxygen atoms in total. The molecule has 100 valence electrons. The molecule has 1 rings (SSSR count). The van der Waals surface area contributed by atoms with Gasteiger partial charge >= 0.3 is 0 Å². The minimum absolute atomic E-state index is 0.0689. The van der Waals surface area contributed by atoms with Crippen molar-refractivity contribution in [2.24, 2.45) is 7.05 Å². The van der Waals surface area contributed by atoms with E-state index in [1.54, 1.807) is 24.2 Å².